The van der Waals surface area contributed by atoms with Gasteiger partial charge < -0.3 is 14.7 Å². The number of carboxylic acids is 1. The number of carboxylic acid groups (broad SMARTS) is 1. The van der Waals surface area contributed by atoms with Gasteiger partial charge in [-0.15, -0.1) is 0 Å². The fourth-order valence-corrected chi connectivity index (χ4v) is 1.89. The van der Waals surface area contributed by atoms with Gasteiger partial charge in [-0.3, -0.25) is 9.59 Å². The van der Waals surface area contributed by atoms with Gasteiger partial charge in [0.1, 0.15) is 12.3 Å². The lowest BCUT2D eigenvalue weighted by Crippen LogP contribution is -2.42. The Bertz CT molecular complexity index is 470. The molecule has 1 amide bonds. The standard InChI is InChI=1S/C16H23NO4/c1-4-13(3)17(11-16(19)20)15(18)9-10-21-14-7-5-12(2)6-8-14/h5-8,13H,4,9-11H2,1-3H3,(H,19,20). The predicted molar refractivity (Wildman–Crippen MR) is 80.4 cm³/mol. The summed E-state index contributed by atoms with van der Waals surface area (Å²) in [5.74, 6) is -0.483. The van der Waals surface area contributed by atoms with Crippen molar-refractivity contribution >= 4 is 11.9 Å². The van der Waals surface area contributed by atoms with E-state index in [-0.39, 0.29) is 31.5 Å². The molecule has 21 heavy (non-hydrogen) atoms. The Morgan fingerprint density at radius 1 is 1.29 bits per heavy atom. The third-order valence-electron chi connectivity index (χ3n) is 3.35. The molecule has 5 nitrogen and oxygen atoms in total. The van der Waals surface area contributed by atoms with E-state index in [4.69, 9.17) is 9.84 Å². The minimum Gasteiger partial charge on any atom is -0.493 e. The first-order valence-electron chi connectivity index (χ1n) is 7.14. The van der Waals surface area contributed by atoms with Gasteiger partial charge in [0.15, 0.2) is 0 Å². The molecule has 116 valence electrons. The highest BCUT2D eigenvalue weighted by Crippen LogP contribution is 2.12. The third-order valence-corrected chi connectivity index (χ3v) is 3.35. The predicted octanol–water partition coefficient (Wildman–Crippen LogP) is 2.48. The summed E-state index contributed by atoms with van der Waals surface area (Å²) >= 11 is 0. The van der Waals surface area contributed by atoms with E-state index in [1.165, 1.54) is 4.90 Å². The first-order valence-corrected chi connectivity index (χ1v) is 7.14. The Labute approximate surface area is 125 Å². The van der Waals surface area contributed by atoms with Crippen LogP contribution >= 0.6 is 0 Å². The number of carbonyl (C=O) groups is 2. The van der Waals surface area contributed by atoms with Crippen LogP contribution in [0.3, 0.4) is 0 Å². The van der Waals surface area contributed by atoms with Crippen molar-refractivity contribution in [1.82, 2.24) is 4.90 Å². The normalized spacial score (nSPS) is 11.8. The topological polar surface area (TPSA) is 66.8 Å². The summed E-state index contributed by atoms with van der Waals surface area (Å²) in [5, 5.41) is 8.88. The molecule has 0 aromatic heterocycles. The van der Waals surface area contributed by atoms with Crippen molar-refractivity contribution in [1.29, 1.82) is 0 Å². The smallest absolute Gasteiger partial charge is 0.323 e. The largest absolute Gasteiger partial charge is 0.493 e. The van der Waals surface area contributed by atoms with Gasteiger partial charge in [-0.25, -0.2) is 0 Å². The van der Waals surface area contributed by atoms with Crippen LogP contribution in [0.25, 0.3) is 0 Å². The van der Waals surface area contributed by atoms with Crippen LogP contribution in [0.4, 0.5) is 0 Å². The van der Waals surface area contributed by atoms with E-state index < -0.39 is 5.97 Å². The van der Waals surface area contributed by atoms with E-state index in [0.29, 0.717) is 5.75 Å². The fraction of sp³-hybridized carbons (Fsp3) is 0.500. The number of hydrogen-bond acceptors (Lipinski definition) is 3. The minimum absolute atomic E-state index is 0.0898. The first kappa shape index (κ1) is 17.0. The summed E-state index contributed by atoms with van der Waals surface area (Å²) in [7, 11) is 0. The molecule has 1 unspecified atom stereocenters. The van der Waals surface area contributed by atoms with E-state index in [1.807, 2.05) is 45.0 Å². The molecule has 0 spiro atoms. The number of hydrogen-bond donors (Lipinski definition) is 1. The average Bonchev–Trinajstić information content (AvgIpc) is 2.45. The van der Waals surface area contributed by atoms with Gasteiger partial charge in [-0.2, -0.15) is 0 Å². The summed E-state index contributed by atoms with van der Waals surface area (Å²) in [6, 6.07) is 7.49. The molecule has 5 heteroatoms. The van der Waals surface area contributed by atoms with Crippen molar-refractivity contribution in [3.63, 3.8) is 0 Å². The van der Waals surface area contributed by atoms with Crippen LogP contribution < -0.4 is 4.74 Å². The van der Waals surface area contributed by atoms with E-state index >= 15 is 0 Å². The van der Waals surface area contributed by atoms with Crippen LogP contribution in [0.5, 0.6) is 5.75 Å². The first-order chi connectivity index (χ1) is 9.93. The number of benzene rings is 1. The van der Waals surface area contributed by atoms with Crippen LogP contribution in [-0.4, -0.2) is 41.1 Å². The summed E-state index contributed by atoms with van der Waals surface area (Å²) in [4.78, 5) is 24.3. The van der Waals surface area contributed by atoms with Crippen LogP contribution in [0, 0.1) is 6.92 Å². The zero-order chi connectivity index (χ0) is 15.8. The molecule has 1 rings (SSSR count). The molecule has 0 bridgehead atoms. The molecule has 0 saturated heterocycles. The van der Waals surface area contributed by atoms with Gasteiger partial charge in [-0.05, 0) is 32.4 Å². The van der Waals surface area contributed by atoms with Crippen LogP contribution in [0.15, 0.2) is 24.3 Å². The minimum atomic E-state index is -0.997. The van der Waals surface area contributed by atoms with Gasteiger partial charge in [-0.1, -0.05) is 24.6 Å². The number of rotatable bonds is 8. The monoisotopic (exact) mass is 293 g/mol. The molecule has 1 atom stereocenters. The van der Waals surface area contributed by atoms with Crippen molar-refractivity contribution in [3.05, 3.63) is 29.8 Å². The van der Waals surface area contributed by atoms with Crippen molar-refractivity contribution in [3.8, 4) is 5.75 Å². The molecule has 0 aliphatic heterocycles. The van der Waals surface area contributed by atoms with E-state index in [9.17, 15) is 9.59 Å². The van der Waals surface area contributed by atoms with E-state index in [1.54, 1.807) is 0 Å². The van der Waals surface area contributed by atoms with Crippen molar-refractivity contribution in [2.75, 3.05) is 13.2 Å². The zero-order valence-corrected chi connectivity index (χ0v) is 12.8. The van der Waals surface area contributed by atoms with E-state index in [0.717, 1.165) is 12.0 Å². The second kappa shape index (κ2) is 8.29. The van der Waals surface area contributed by atoms with Gasteiger partial charge in [0.05, 0.1) is 13.0 Å². The van der Waals surface area contributed by atoms with Crippen molar-refractivity contribution < 1.29 is 19.4 Å². The number of aryl methyl sites for hydroxylation is 1. The Hall–Kier alpha value is -2.04. The lowest BCUT2D eigenvalue weighted by molar-refractivity contribution is -0.146. The van der Waals surface area contributed by atoms with Gasteiger partial charge >= 0.3 is 5.97 Å². The Morgan fingerprint density at radius 2 is 1.90 bits per heavy atom. The fourth-order valence-electron chi connectivity index (χ4n) is 1.89. The van der Waals surface area contributed by atoms with Crippen LogP contribution in [0.2, 0.25) is 0 Å². The molecular weight excluding hydrogens is 270 g/mol. The van der Waals surface area contributed by atoms with Gasteiger partial charge in [0.25, 0.3) is 0 Å². The molecule has 1 aromatic carbocycles. The van der Waals surface area contributed by atoms with Crippen molar-refractivity contribution in [2.45, 2.75) is 39.7 Å². The lowest BCUT2D eigenvalue weighted by atomic mass is 10.2. The Kier molecular flexibility index (Phi) is 6.72. The molecule has 0 fully saturated rings. The van der Waals surface area contributed by atoms with Crippen molar-refractivity contribution in [2.24, 2.45) is 0 Å². The molecular formula is C16H23NO4. The molecule has 0 radical (unpaired) electrons. The SMILES string of the molecule is CCC(C)N(CC(=O)O)C(=O)CCOc1ccc(C)cc1. The summed E-state index contributed by atoms with van der Waals surface area (Å²) in [6.07, 6.45) is 0.892. The van der Waals surface area contributed by atoms with Gasteiger partial charge in [0.2, 0.25) is 5.91 Å². The number of carbonyl (C=O) groups excluding carboxylic acids is 1. The number of nitrogens with zero attached hydrogens (tertiary/aromatic N) is 1. The van der Waals surface area contributed by atoms with Crippen LogP contribution in [0.1, 0.15) is 32.3 Å². The molecule has 0 saturated carbocycles. The Morgan fingerprint density at radius 3 is 2.43 bits per heavy atom. The number of amides is 1. The number of ether oxygens (including phenoxy) is 1. The lowest BCUT2D eigenvalue weighted by Gasteiger charge is -2.27. The summed E-state index contributed by atoms with van der Waals surface area (Å²) in [6.45, 7) is 5.74. The molecule has 0 aliphatic rings. The zero-order valence-electron chi connectivity index (χ0n) is 12.8. The second-order valence-electron chi connectivity index (χ2n) is 5.08. The second-order valence-corrected chi connectivity index (χ2v) is 5.08. The highest BCUT2D eigenvalue weighted by molar-refractivity contribution is 5.81. The maximum absolute atomic E-state index is 12.1. The molecule has 1 N–H and O–H groups in total. The molecule has 1 aromatic rings. The van der Waals surface area contributed by atoms with E-state index in [2.05, 4.69) is 0 Å². The maximum Gasteiger partial charge on any atom is 0.323 e. The quantitative estimate of drug-likeness (QED) is 0.799. The average molecular weight is 293 g/mol. The molecule has 0 heterocycles. The maximum atomic E-state index is 12.1. The summed E-state index contributed by atoms with van der Waals surface area (Å²) < 4.78 is 5.51. The highest BCUT2D eigenvalue weighted by Gasteiger charge is 2.21. The third kappa shape index (κ3) is 5.85. The number of aliphatic carboxylic acids is 1. The van der Waals surface area contributed by atoms with Gasteiger partial charge in [0, 0.05) is 6.04 Å². The summed E-state index contributed by atoms with van der Waals surface area (Å²) in [5.41, 5.74) is 1.14. The van der Waals surface area contributed by atoms with Crippen LogP contribution in [-0.2, 0) is 9.59 Å². The highest BCUT2D eigenvalue weighted by atomic mass is 16.5. The Balaban J connectivity index is 2.49. The molecule has 0 aliphatic carbocycles.